The van der Waals surface area contributed by atoms with Crippen LogP contribution in [0.15, 0.2) is 27.3 Å². The molecule has 8 heteroatoms. The van der Waals surface area contributed by atoms with Crippen LogP contribution in [0.1, 0.15) is 13.3 Å². The fourth-order valence-electron chi connectivity index (χ4n) is 1.46. The molecule has 21 heavy (non-hydrogen) atoms. The van der Waals surface area contributed by atoms with Crippen molar-refractivity contribution < 1.29 is 13.5 Å². The normalized spacial score (nSPS) is 10.5. The number of halogens is 4. The molecule has 2 rings (SSSR count). The Morgan fingerprint density at radius 1 is 1.29 bits per heavy atom. The number of hydrogen-bond donors (Lipinski definition) is 1. The van der Waals surface area contributed by atoms with Crippen LogP contribution in [0.5, 0.6) is 11.6 Å². The Labute approximate surface area is 137 Å². The fourth-order valence-corrected chi connectivity index (χ4v) is 2.14. The number of nitrogens with one attached hydrogen (secondary N) is 1. The standard InChI is InChI=1S/C13H11Br2F2N3O/c1-2-3-18-13-19-6-8(15)12(20-13)21-10-5-7(14)4-9(16)11(10)17/h4-6H,2-3H2,1H3,(H,18,19,20). The van der Waals surface area contributed by atoms with Gasteiger partial charge in [0.25, 0.3) is 0 Å². The van der Waals surface area contributed by atoms with Crippen molar-refractivity contribution in [1.82, 2.24) is 9.97 Å². The number of rotatable bonds is 5. The highest BCUT2D eigenvalue weighted by atomic mass is 79.9. The minimum Gasteiger partial charge on any atom is -0.434 e. The van der Waals surface area contributed by atoms with Crippen LogP contribution in [0.4, 0.5) is 14.7 Å². The molecule has 0 radical (unpaired) electrons. The van der Waals surface area contributed by atoms with Crippen molar-refractivity contribution >= 4 is 37.8 Å². The molecule has 4 nitrogen and oxygen atoms in total. The highest BCUT2D eigenvalue weighted by Gasteiger charge is 2.15. The Morgan fingerprint density at radius 2 is 2.05 bits per heavy atom. The van der Waals surface area contributed by atoms with Gasteiger partial charge in [-0.15, -0.1) is 0 Å². The lowest BCUT2D eigenvalue weighted by Gasteiger charge is -2.10. The average molecular weight is 423 g/mol. The molecular formula is C13H11Br2F2N3O. The molecule has 0 fully saturated rings. The summed E-state index contributed by atoms with van der Waals surface area (Å²) in [4.78, 5) is 8.16. The van der Waals surface area contributed by atoms with Crippen LogP contribution in [-0.4, -0.2) is 16.5 Å². The summed E-state index contributed by atoms with van der Waals surface area (Å²) in [5.41, 5.74) is 0. The Balaban J connectivity index is 2.30. The van der Waals surface area contributed by atoms with Gasteiger partial charge in [-0.25, -0.2) is 9.37 Å². The molecule has 1 aromatic heterocycles. The number of anilines is 1. The molecular weight excluding hydrogens is 412 g/mol. The molecule has 2 aromatic rings. The Hall–Kier alpha value is -1.28. The monoisotopic (exact) mass is 421 g/mol. The Bertz CT molecular complexity index is 656. The number of aromatic nitrogens is 2. The largest absolute Gasteiger partial charge is 0.434 e. The summed E-state index contributed by atoms with van der Waals surface area (Å²) in [5, 5.41) is 2.98. The van der Waals surface area contributed by atoms with Crippen LogP contribution in [0.25, 0.3) is 0 Å². The topological polar surface area (TPSA) is 47.0 Å². The molecule has 1 heterocycles. The lowest BCUT2D eigenvalue weighted by atomic mass is 10.3. The van der Waals surface area contributed by atoms with Gasteiger partial charge in [-0.2, -0.15) is 9.37 Å². The molecule has 1 N–H and O–H groups in total. The predicted octanol–water partition coefficient (Wildman–Crippen LogP) is 4.89. The molecule has 1 aromatic carbocycles. The van der Waals surface area contributed by atoms with E-state index in [-0.39, 0.29) is 11.6 Å². The Morgan fingerprint density at radius 3 is 2.76 bits per heavy atom. The fraction of sp³-hybridized carbons (Fsp3) is 0.231. The smallest absolute Gasteiger partial charge is 0.238 e. The SMILES string of the molecule is CCCNc1ncc(Br)c(Oc2cc(Br)cc(F)c2F)n1. The first-order valence-corrected chi connectivity index (χ1v) is 7.68. The van der Waals surface area contributed by atoms with Gasteiger partial charge in [0.15, 0.2) is 11.6 Å². The van der Waals surface area contributed by atoms with Crippen LogP contribution in [-0.2, 0) is 0 Å². The van der Waals surface area contributed by atoms with Crippen molar-refractivity contribution in [2.45, 2.75) is 13.3 Å². The molecule has 0 unspecified atom stereocenters. The highest BCUT2D eigenvalue weighted by molar-refractivity contribution is 9.10. The molecule has 0 saturated carbocycles. The lowest BCUT2D eigenvalue weighted by molar-refractivity contribution is 0.402. The van der Waals surface area contributed by atoms with Gasteiger partial charge in [0, 0.05) is 11.0 Å². The maximum atomic E-state index is 13.7. The summed E-state index contributed by atoms with van der Waals surface area (Å²) in [6, 6.07) is 2.34. The first-order valence-electron chi connectivity index (χ1n) is 6.10. The van der Waals surface area contributed by atoms with Crippen LogP contribution in [0, 0.1) is 11.6 Å². The van der Waals surface area contributed by atoms with Gasteiger partial charge in [-0.3, -0.25) is 0 Å². The van der Waals surface area contributed by atoms with E-state index in [0.29, 0.717) is 21.4 Å². The molecule has 112 valence electrons. The first kappa shape index (κ1) is 16.1. The second-order valence-electron chi connectivity index (χ2n) is 4.08. The van der Waals surface area contributed by atoms with Crippen molar-refractivity contribution in [3.63, 3.8) is 0 Å². The van der Waals surface area contributed by atoms with Crippen molar-refractivity contribution in [1.29, 1.82) is 0 Å². The second-order valence-corrected chi connectivity index (χ2v) is 5.85. The number of nitrogens with zero attached hydrogens (tertiary/aromatic N) is 2. The van der Waals surface area contributed by atoms with E-state index in [0.717, 1.165) is 12.5 Å². The third kappa shape index (κ3) is 4.10. The third-order valence-corrected chi connectivity index (χ3v) is 3.41. The minimum absolute atomic E-state index is 0.0972. The second kappa shape index (κ2) is 7.13. The van der Waals surface area contributed by atoms with Gasteiger partial charge in [-0.1, -0.05) is 22.9 Å². The summed E-state index contributed by atoms with van der Waals surface area (Å²) in [7, 11) is 0. The van der Waals surface area contributed by atoms with E-state index in [2.05, 4.69) is 47.1 Å². The van der Waals surface area contributed by atoms with E-state index in [1.54, 1.807) is 0 Å². The van der Waals surface area contributed by atoms with E-state index in [1.807, 2.05) is 6.92 Å². The zero-order valence-electron chi connectivity index (χ0n) is 11.0. The molecule has 0 atom stereocenters. The van der Waals surface area contributed by atoms with Crippen LogP contribution >= 0.6 is 31.9 Å². The lowest BCUT2D eigenvalue weighted by Crippen LogP contribution is -2.05. The van der Waals surface area contributed by atoms with Crippen LogP contribution in [0.3, 0.4) is 0 Å². The van der Waals surface area contributed by atoms with Crippen LogP contribution < -0.4 is 10.1 Å². The zero-order valence-corrected chi connectivity index (χ0v) is 14.1. The first-order chi connectivity index (χ1) is 10.0. The predicted molar refractivity (Wildman–Crippen MR) is 82.6 cm³/mol. The molecule has 0 aliphatic heterocycles. The van der Waals surface area contributed by atoms with Gasteiger partial charge < -0.3 is 10.1 Å². The average Bonchev–Trinajstić information content (AvgIpc) is 2.45. The summed E-state index contributed by atoms with van der Waals surface area (Å²) < 4.78 is 33.2. The minimum atomic E-state index is -1.08. The van der Waals surface area contributed by atoms with Crippen molar-refractivity contribution in [3.8, 4) is 11.6 Å². The van der Waals surface area contributed by atoms with Gasteiger partial charge in [0.1, 0.15) is 0 Å². The van der Waals surface area contributed by atoms with E-state index in [9.17, 15) is 8.78 Å². The van der Waals surface area contributed by atoms with Gasteiger partial charge in [-0.05, 0) is 34.5 Å². The van der Waals surface area contributed by atoms with Gasteiger partial charge in [0.05, 0.1) is 10.7 Å². The molecule has 0 aliphatic carbocycles. The molecule has 0 amide bonds. The maximum absolute atomic E-state index is 13.7. The summed E-state index contributed by atoms with van der Waals surface area (Å²) in [6.07, 6.45) is 2.38. The van der Waals surface area contributed by atoms with E-state index in [1.165, 1.54) is 12.3 Å². The van der Waals surface area contributed by atoms with E-state index >= 15 is 0 Å². The summed E-state index contributed by atoms with van der Waals surface area (Å²) in [6.45, 7) is 2.70. The molecule has 0 spiro atoms. The van der Waals surface area contributed by atoms with Crippen molar-refractivity contribution in [2.75, 3.05) is 11.9 Å². The van der Waals surface area contributed by atoms with Crippen LogP contribution in [0.2, 0.25) is 0 Å². The third-order valence-electron chi connectivity index (χ3n) is 2.41. The number of benzene rings is 1. The number of ether oxygens (including phenoxy) is 1. The highest BCUT2D eigenvalue weighted by Crippen LogP contribution is 2.32. The molecule has 0 saturated heterocycles. The van der Waals surface area contributed by atoms with Gasteiger partial charge in [0.2, 0.25) is 17.6 Å². The molecule has 0 aliphatic rings. The van der Waals surface area contributed by atoms with Crippen molar-refractivity contribution in [3.05, 3.63) is 38.9 Å². The summed E-state index contributed by atoms with van der Waals surface area (Å²) in [5.74, 6) is -1.89. The molecule has 0 bridgehead atoms. The van der Waals surface area contributed by atoms with Gasteiger partial charge >= 0.3 is 0 Å². The van der Waals surface area contributed by atoms with E-state index < -0.39 is 11.6 Å². The quantitative estimate of drug-likeness (QED) is 0.696. The maximum Gasteiger partial charge on any atom is 0.238 e. The van der Waals surface area contributed by atoms with E-state index in [4.69, 9.17) is 4.74 Å². The number of hydrogen-bond acceptors (Lipinski definition) is 4. The zero-order chi connectivity index (χ0) is 15.4. The summed E-state index contributed by atoms with van der Waals surface area (Å²) >= 11 is 6.30. The van der Waals surface area contributed by atoms with Crippen molar-refractivity contribution in [2.24, 2.45) is 0 Å². The Kier molecular flexibility index (Phi) is 5.46.